The van der Waals surface area contributed by atoms with Crippen molar-refractivity contribution < 1.29 is 23.6 Å². The van der Waals surface area contributed by atoms with Crippen molar-refractivity contribution in [3.63, 3.8) is 0 Å². The Labute approximate surface area is 274 Å². The quantitative estimate of drug-likeness (QED) is 0.104. The third-order valence-corrected chi connectivity index (χ3v) is 10.1. The fraction of sp³-hybridized carbons (Fsp3) is 0.600. The third-order valence-electron chi connectivity index (χ3n) is 8.69. The highest BCUT2D eigenvalue weighted by atomic mass is 35.5. The Morgan fingerprint density at radius 1 is 0.818 bits per heavy atom. The molecule has 0 heterocycles. The van der Waals surface area contributed by atoms with E-state index >= 15 is 0 Å². The summed E-state index contributed by atoms with van der Waals surface area (Å²) in [5.41, 5.74) is 3.62. The summed E-state index contributed by atoms with van der Waals surface area (Å²) in [6.45, 7) is 1.38. The van der Waals surface area contributed by atoms with E-state index in [0.717, 1.165) is 95.7 Å². The van der Waals surface area contributed by atoms with Crippen LogP contribution in [0.2, 0.25) is 10.0 Å². The van der Waals surface area contributed by atoms with Gasteiger partial charge in [0.1, 0.15) is 13.4 Å². The second-order valence-electron chi connectivity index (χ2n) is 12.2. The van der Waals surface area contributed by atoms with Gasteiger partial charge in [-0.15, -0.1) is 0 Å². The van der Waals surface area contributed by atoms with Gasteiger partial charge < -0.3 is 18.9 Å². The highest BCUT2D eigenvalue weighted by molar-refractivity contribution is 7.50. The lowest BCUT2D eigenvalue weighted by molar-refractivity contribution is -0.196. The summed E-state index contributed by atoms with van der Waals surface area (Å²) in [6.07, 6.45) is 14.3. The number of amides is 1. The van der Waals surface area contributed by atoms with E-state index in [4.69, 9.17) is 27.7 Å². The van der Waals surface area contributed by atoms with E-state index in [1.807, 2.05) is 24.1 Å². The van der Waals surface area contributed by atoms with Gasteiger partial charge in [-0.3, -0.25) is 9.59 Å². The van der Waals surface area contributed by atoms with Crippen molar-refractivity contribution in [2.75, 3.05) is 20.3 Å². The summed E-state index contributed by atoms with van der Waals surface area (Å²) < 4.78 is 15.7. The molecule has 244 valence electrons. The van der Waals surface area contributed by atoms with Gasteiger partial charge in [-0.1, -0.05) is 98.5 Å². The summed E-state index contributed by atoms with van der Waals surface area (Å²) in [6, 6.07) is 14.4. The first-order valence-electron chi connectivity index (χ1n) is 16.3. The van der Waals surface area contributed by atoms with Crippen LogP contribution in [0.4, 0.5) is 0 Å². The minimum absolute atomic E-state index is 0.0668. The Hall–Kier alpha value is -1.69. The first-order valence-corrected chi connectivity index (χ1v) is 19.1. The molecule has 2 aromatic carbocycles. The Kier molecular flexibility index (Phi) is 15.9. The highest BCUT2D eigenvalue weighted by Gasteiger charge is 2.32. The van der Waals surface area contributed by atoms with E-state index in [-0.39, 0.29) is 24.5 Å². The molecule has 2 aromatic rings. The van der Waals surface area contributed by atoms with Crippen LogP contribution in [0.1, 0.15) is 131 Å². The molecule has 1 aliphatic carbocycles. The van der Waals surface area contributed by atoms with E-state index in [1.165, 1.54) is 11.1 Å². The molecule has 0 spiro atoms. The van der Waals surface area contributed by atoms with Gasteiger partial charge in [0.2, 0.25) is 5.91 Å². The number of hydrogen-bond donors (Lipinski definition) is 0. The van der Waals surface area contributed by atoms with Crippen LogP contribution in [0.5, 0.6) is 0 Å². The molecule has 44 heavy (non-hydrogen) atoms. The largest absolute Gasteiger partial charge is 0.779 e. The van der Waals surface area contributed by atoms with Crippen LogP contribution in [0.3, 0.4) is 0 Å². The summed E-state index contributed by atoms with van der Waals surface area (Å²) in [7, 11) is -1.67. The first-order chi connectivity index (χ1) is 21.1. The third kappa shape index (κ3) is 12.6. The lowest BCUT2D eigenvalue weighted by Crippen LogP contribution is -2.34. The monoisotopic (exact) mass is 664 g/mol. The van der Waals surface area contributed by atoms with Gasteiger partial charge in [0.05, 0.1) is 22.7 Å². The summed E-state index contributed by atoms with van der Waals surface area (Å²) in [4.78, 5) is 38.3. The first kappa shape index (κ1) is 36.8. The second-order valence-corrected chi connectivity index (χ2v) is 14.9. The smallest absolute Gasteiger partial charge is 0.222 e. The molecule has 0 bridgehead atoms. The van der Waals surface area contributed by atoms with Crippen molar-refractivity contribution in [1.82, 2.24) is 4.90 Å². The molecule has 6 nitrogen and oxygen atoms in total. The maximum absolute atomic E-state index is 13.1. The number of benzene rings is 2. The van der Waals surface area contributed by atoms with E-state index in [0.29, 0.717) is 35.1 Å². The number of nitrogens with zero attached hydrogens (tertiary/aromatic N) is 1. The number of halogens is 2. The van der Waals surface area contributed by atoms with E-state index < -0.39 is 7.60 Å². The molecule has 1 aliphatic rings. The Morgan fingerprint density at radius 2 is 1.39 bits per heavy atom. The molecule has 1 amide bonds. The zero-order valence-electron chi connectivity index (χ0n) is 26.4. The summed E-state index contributed by atoms with van der Waals surface area (Å²) in [5, 5.41) is 1.13. The number of carbonyl (C=O) groups excluding carboxylic acids is 2. The van der Waals surface area contributed by atoms with Gasteiger partial charge in [-0.2, -0.15) is 0 Å². The van der Waals surface area contributed by atoms with Gasteiger partial charge >= 0.3 is 0 Å². The SMILES string of the molecule is CN(C(=O)CCCCCCC(=O)CCCCCCCCCOP(C)(=O)[O-])[C@H]1CC[C@@H](c2ccc(Cl)c(Cl)c2)c2ccccc21. The van der Waals surface area contributed by atoms with E-state index in [1.54, 1.807) is 0 Å². The van der Waals surface area contributed by atoms with Crippen molar-refractivity contribution >= 4 is 42.5 Å². The number of ketones is 1. The summed E-state index contributed by atoms with van der Waals surface area (Å²) >= 11 is 12.5. The number of carbonyl (C=O) groups is 2. The Balaban J connectivity index is 1.27. The van der Waals surface area contributed by atoms with Gasteiger partial charge in [-0.05, 0) is 67.3 Å². The maximum atomic E-state index is 13.1. The number of hydrogen-bond acceptors (Lipinski definition) is 5. The normalized spacial score (nSPS) is 17.6. The standard InChI is InChI=1S/C35H50Cl2NO5P/c1-38(34-24-22-29(30-18-13-14-19-31(30)34)27-21-23-32(36)33(37)26-27)35(40)20-12-8-7-11-17-28(39)16-10-6-4-3-5-9-15-25-43-44(2,41)42/h13-14,18-19,21,23,26,29,34H,3-12,15-17,20,22,24-25H2,1-2H3,(H,41,42)/p-1/t29-,34-/m0/s1. The Bertz CT molecular complexity index is 1250. The van der Waals surface area contributed by atoms with Crippen molar-refractivity contribution in [2.45, 2.75) is 115 Å². The predicted octanol–water partition coefficient (Wildman–Crippen LogP) is 9.65. The topological polar surface area (TPSA) is 86.7 Å². The molecule has 0 saturated carbocycles. The van der Waals surface area contributed by atoms with Gasteiger partial charge in [-0.25, -0.2) is 0 Å². The average Bonchev–Trinajstić information content (AvgIpc) is 2.99. The molecular weight excluding hydrogens is 616 g/mol. The molecule has 0 fully saturated rings. The van der Waals surface area contributed by atoms with Crippen LogP contribution in [-0.4, -0.2) is 36.9 Å². The lowest BCUT2D eigenvalue weighted by Gasteiger charge is -2.37. The van der Waals surface area contributed by atoms with Crippen LogP contribution in [0.15, 0.2) is 42.5 Å². The van der Waals surface area contributed by atoms with E-state index in [2.05, 4.69) is 30.3 Å². The van der Waals surface area contributed by atoms with Crippen LogP contribution in [0, 0.1) is 0 Å². The molecule has 1 unspecified atom stereocenters. The van der Waals surface area contributed by atoms with Crippen molar-refractivity contribution in [2.24, 2.45) is 0 Å². The number of Topliss-reactive ketones (excluding diaryl/α,β-unsaturated/α-hetero) is 1. The van der Waals surface area contributed by atoms with Crippen molar-refractivity contribution in [3.8, 4) is 0 Å². The molecule has 3 atom stereocenters. The van der Waals surface area contributed by atoms with Crippen LogP contribution >= 0.6 is 30.8 Å². The van der Waals surface area contributed by atoms with Gasteiger partial charge in [0.25, 0.3) is 0 Å². The molecule has 0 aromatic heterocycles. The number of unbranched alkanes of at least 4 members (excludes halogenated alkanes) is 9. The molecular formula is C35H49Cl2NO5P-. The zero-order chi connectivity index (χ0) is 32.0. The maximum Gasteiger partial charge on any atom is 0.222 e. The van der Waals surface area contributed by atoms with Gasteiger partial charge in [0.15, 0.2) is 0 Å². The second kappa shape index (κ2) is 19.1. The molecule has 0 aliphatic heterocycles. The molecule has 0 radical (unpaired) electrons. The molecule has 3 rings (SSSR count). The zero-order valence-corrected chi connectivity index (χ0v) is 28.8. The van der Waals surface area contributed by atoms with Crippen LogP contribution in [0.25, 0.3) is 0 Å². The minimum Gasteiger partial charge on any atom is -0.779 e. The van der Waals surface area contributed by atoms with Crippen LogP contribution in [-0.2, 0) is 18.7 Å². The molecule has 0 saturated heterocycles. The van der Waals surface area contributed by atoms with Crippen LogP contribution < -0.4 is 4.89 Å². The fourth-order valence-corrected chi connectivity index (χ4v) is 6.98. The number of fused-ring (bicyclic) bond motifs is 1. The molecule has 0 N–H and O–H groups in total. The fourth-order valence-electron chi connectivity index (χ4n) is 6.21. The van der Waals surface area contributed by atoms with Crippen molar-refractivity contribution in [1.29, 1.82) is 0 Å². The summed E-state index contributed by atoms with van der Waals surface area (Å²) in [5.74, 6) is 0.752. The van der Waals surface area contributed by atoms with Crippen molar-refractivity contribution in [3.05, 3.63) is 69.2 Å². The number of rotatable bonds is 20. The Morgan fingerprint density at radius 3 is 2.00 bits per heavy atom. The lowest BCUT2D eigenvalue weighted by atomic mass is 9.76. The molecule has 9 heteroatoms. The predicted molar refractivity (Wildman–Crippen MR) is 179 cm³/mol. The van der Waals surface area contributed by atoms with Gasteiger partial charge in [0, 0.05) is 38.9 Å². The minimum atomic E-state index is -3.60. The average molecular weight is 666 g/mol. The highest BCUT2D eigenvalue weighted by Crippen LogP contribution is 2.44. The van der Waals surface area contributed by atoms with E-state index in [9.17, 15) is 19.0 Å².